The van der Waals surface area contributed by atoms with Crippen molar-refractivity contribution in [2.75, 3.05) is 7.11 Å². The minimum Gasteiger partial charge on any atom is -0.497 e. The van der Waals surface area contributed by atoms with Crippen molar-refractivity contribution in [3.05, 3.63) is 87.7 Å². The van der Waals surface area contributed by atoms with Gasteiger partial charge >= 0.3 is 0 Å². The molecule has 0 radical (unpaired) electrons. The van der Waals surface area contributed by atoms with Crippen LogP contribution in [0.1, 0.15) is 5.56 Å². The zero-order chi connectivity index (χ0) is 17.4. The number of rotatable bonds is 3. The molecule has 0 bridgehead atoms. The average Bonchev–Trinajstić information content (AvgIpc) is 2.65. The minimum absolute atomic E-state index is 0.0173. The van der Waals surface area contributed by atoms with Gasteiger partial charge in [-0.2, -0.15) is 0 Å². The summed E-state index contributed by atoms with van der Waals surface area (Å²) >= 11 is 6.23. The zero-order valence-corrected chi connectivity index (χ0v) is 14.5. The van der Waals surface area contributed by atoms with E-state index in [1.54, 1.807) is 11.7 Å². The highest BCUT2D eigenvalue weighted by atomic mass is 35.5. The summed E-state index contributed by atoms with van der Waals surface area (Å²) in [7, 11) is 1.62. The molecule has 0 spiro atoms. The summed E-state index contributed by atoms with van der Waals surface area (Å²) < 4.78 is 7.13. The Morgan fingerprint density at radius 2 is 1.72 bits per heavy atom. The first-order chi connectivity index (χ1) is 12.2. The van der Waals surface area contributed by atoms with Crippen molar-refractivity contribution in [3.8, 4) is 5.75 Å². The van der Waals surface area contributed by atoms with E-state index in [2.05, 4.69) is 0 Å². The highest BCUT2D eigenvalue weighted by Gasteiger charge is 2.12. The molecule has 4 aromatic rings. The van der Waals surface area contributed by atoms with Gasteiger partial charge in [0.15, 0.2) is 0 Å². The molecule has 3 aromatic carbocycles. The van der Waals surface area contributed by atoms with Crippen LogP contribution in [0.25, 0.3) is 21.7 Å². The molecule has 0 amide bonds. The third kappa shape index (κ3) is 2.77. The Morgan fingerprint density at radius 1 is 0.920 bits per heavy atom. The standard InChI is InChI=1S/C21H16ClNO2/c1-25-16-8-9-17-18(12-16)19-11-15(22)7-10-20(19)23(21(17)24)13-14-5-3-2-4-6-14/h2-12H,13H2,1H3. The van der Waals surface area contributed by atoms with Crippen molar-refractivity contribution in [3.63, 3.8) is 0 Å². The van der Waals surface area contributed by atoms with Gasteiger partial charge < -0.3 is 9.30 Å². The first-order valence-corrected chi connectivity index (χ1v) is 8.39. The van der Waals surface area contributed by atoms with Crippen LogP contribution >= 0.6 is 11.6 Å². The van der Waals surface area contributed by atoms with Gasteiger partial charge in [0.1, 0.15) is 5.75 Å². The van der Waals surface area contributed by atoms with Gasteiger partial charge in [-0.15, -0.1) is 0 Å². The van der Waals surface area contributed by atoms with E-state index in [0.29, 0.717) is 22.7 Å². The van der Waals surface area contributed by atoms with E-state index >= 15 is 0 Å². The Labute approximate surface area is 150 Å². The van der Waals surface area contributed by atoms with E-state index in [1.165, 1.54) is 0 Å². The van der Waals surface area contributed by atoms with E-state index in [9.17, 15) is 4.79 Å². The molecule has 0 aliphatic heterocycles. The van der Waals surface area contributed by atoms with Crippen LogP contribution in [0.3, 0.4) is 0 Å². The predicted octanol–water partition coefficient (Wildman–Crippen LogP) is 4.87. The van der Waals surface area contributed by atoms with Crippen LogP contribution in [-0.4, -0.2) is 11.7 Å². The highest BCUT2D eigenvalue weighted by molar-refractivity contribution is 6.31. The van der Waals surface area contributed by atoms with Crippen molar-refractivity contribution in [1.82, 2.24) is 4.57 Å². The zero-order valence-electron chi connectivity index (χ0n) is 13.7. The summed E-state index contributed by atoms with van der Waals surface area (Å²) in [5.74, 6) is 0.717. The molecule has 124 valence electrons. The van der Waals surface area contributed by atoms with Gasteiger partial charge in [-0.1, -0.05) is 41.9 Å². The van der Waals surface area contributed by atoms with Crippen LogP contribution in [-0.2, 0) is 6.54 Å². The normalized spacial score (nSPS) is 11.1. The van der Waals surface area contributed by atoms with Crippen LogP contribution < -0.4 is 10.3 Å². The summed E-state index contributed by atoms with van der Waals surface area (Å²) in [5, 5.41) is 3.09. The van der Waals surface area contributed by atoms with Gasteiger partial charge in [0.2, 0.25) is 0 Å². The Morgan fingerprint density at radius 3 is 2.48 bits per heavy atom. The first kappa shape index (κ1) is 15.7. The van der Waals surface area contributed by atoms with E-state index < -0.39 is 0 Å². The number of hydrogen-bond donors (Lipinski definition) is 0. The molecular formula is C21H16ClNO2. The van der Waals surface area contributed by atoms with Crippen LogP contribution in [0.15, 0.2) is 71.5 Å². The van der Waals surface area contributed by atoms with E-state index in [4.69, 9.17) is 16.3 Å². The van der Waals surface area contributed by atoms with Crippen LogP contribution in [0.5, 0.6) is 5.75 Å². The van der Waals surface area contributed by atoms with Crippen molar-refractivity contribution in [2.24, 2.45) is 0 Å². The Kier molecular flexibility index (Phi) is 3.94. The maximum Gasteiger partial charge on any atom is 0.259 e. The summed E-state index contributed by atoms with van der Waals surface area (Å²) in [6.45, 7) is 0.514. The lowest BCUT2D eigenvalue weighted by molar-refractivity contribution is 0.415. The van der Waals surface area contributed by atoms with E-state index in [-0.39, 0.29) is 5.56 Å². The lowest BCUT2D eigenvalue weighted by Gasteiger charge is -2.14. The summed E-state index contributed by atoms with van der Waals surface area (Å²) in [6, 6.07) is 21.1. The summed E-state index contributed by atoms with van der Waals surface area (Å²) in [4.78, 5) is 13.1. The third-order valence-corrected chi connectivity index (χ3v) is 4.66. The number of benzene rings is 3. The maximum atomic E-state index is 13.1. The number of ether oxygens (including phenoxy) is 1. The molecule has 1 heterocycles. The maximum absolute atomic E-state index is 13.1. The molecule has 0 N–H and O–H groups in total. The van der Waals surface area contributed by atoms with Gasteiger partial charge in [-0.3, -0.25) is 4.79 Å². The molecule has 1 aromatic heterocycles. The van der Waals surface area contributed by atoms with Crippen molar-refractivity contribution in [2.45, 2.75) is 6.54 Å². The number of nitrogens with zero attached hydrogens (tertiary/aromatic N) is 1. The molecule has 0 aliphatic carbocycles. The summed E-state index contributed by atoms with van der Waals surface area (Å²) in [5.41, 5.74) is 1.92. The lowest BCUT2D eigenvalue weighted by atomic mass is 10.0. The van der Waals surface area contributed by atoms with Crippen molar-refractivity contribution >= 4 is 33.3 Å². The summed E-state index contributed by atoms with van der Waals surface area (Å²) in [6.07, 6.45) is 0. The monoisotopic (exact) mass is 349 g/mol. The fraction of sp³-hybridized carbons (Fsp3) is 0.0952. The molecule has 4 heteroatoms. The Hall–Kier alpha value is -2.78. The molecule has 0 atom stereocenters. The van der Waals surface area contributed by atoms with Crippen molar-refractivity contribution < 1.29 is 4.74 Å². The number of hydrogen-bond acceptors (Lipinski definition) is 2. The number of halogens is 1. The minimum atomic E-state index is -0.0173. The smallest absolute Gasteiger partial charge is 0.259 e. The second-order valence-corrected chi connectivity index (χ2v) is 6.39. The van der Waals surface area contributed by atoms with Gasteiger partial charge in [-0.05, 0) is 42.0 Å². The SMILES string of the molecule is COc1ccc2c(=O)n(Cc3ccccc3)c3ccc(Cl)cc3c2c1. The molecule has 4 rings (SSSR count). The number of aromatic nitrogens is 1. The molecule has 25 heavy (non-hydrogen) atoms. The van der Waals surface area contributed by atoms with Gasteiger partial charge in [0.05, 0.1) is 19.2 Å². The Balaban J connectivity index is 2.08. The molecule has 0 fully saturated rings. The Bertz CT molecular complexity index is 1130. The molecule has 3 nitrogen and oxygen atoms in total. The fourth-order valence-electron chi connectivity index (χ4n) is 3.20. The first-order valence-electron chi connectivity index (χ1n) is 8.01. The predicted molar refractivity (Wildman–Crippen MR) is 103 cm³/mol. The number of methoxy groups -OCH3 is 1. The molecule has 0 unspecified atom stereocenters. The molecule has 0 saturated heterocycles. The number of pyridine rings is 1. The second kappa shape index (κ2) is 6.26. The quantitative estimate of drug-likeness (QED) is 0.494. The average molecular weight is 350 g/mol. The van der Waals surface area contributed by atoms with E-state index in [1.807, 2.05) is 66.7 Å². The fourth-order valence-corrected chi connectivity index (χ4v) is 3.37. The van der Waals surface area contributed by atoms with Crippen LogP contribution in [0.2, 0.25) is 5.02 Å². The molecule has 0 aliphatic rings. The third-order valence-electron chi connectivity index (χ3n) is 4.43. The topological polar surface area (TPSA) is 31.2 Å². The van der Waals surface area contributed by atoms with Gasteiger partial charge in [0.25, 0.3) is 5.56 Å². The lowest BCUT2D eigenvalue weighted by Crippen LogP contribution is -2.21. The van der Waals surface area contributed by atoms with Crippen LogP contribution in [0.4, 0.5) is 0 Å². The van der Waals surface area contributed by atoms with Crippen LogP contribution in [0, 0.1) is 0 Å². The number of fused-ring (bicyclic) bond motifs is 3. The van der Waals surface area contributed by atoms with E-state index in [0.717, 1.165) is 21.9 Å². The largest absolute Gasteiger partial charge is 0.497 e. The molecule has 0 saturated carbocycles. The van der Waals surface area contributed by atoms with Crippen molar-refractivity contribution in [1.29, 1.82) is 0 Å². The second-order valence-electron chi connectivity index (χ2n) is 5.95. The molecular weight excluding hydrogens is 334 g/mol. The van der Waals surface area contributed by atoms with Gasteiger partial charge in [0, 0.05) is 21.2 Å². The highest BCUT2D eigenvalue weighted by Crippen LogP contribution is 2.29. The van der Waals surface area contributed by atoms with Gasteiger partial charge in [-0.25, -0.2) is 0 Å².